The monoisotopic (exact) mass is 417 g/mol. The Labute approximate surface area is 178 Å². The molecule has 4 aromatic rings. The summed E-state index contributed by atoms with van der Waals surface area (Å²) in [5.41, 5.74) is 1.83. The summed E-state index contributed by atoms with van der Waals surface area (Å²) >= 11 is 0. The summed E-state index contributed by atoms with van der Waals surface area (Å²) in [5.74, 6) is -1.08. The van der Waals surface area contributed by atoms with E-state index in [0.29, 0.717) is 17.7 Å². The zero-order valence-corrected chi connectivity index (χ0v) is 17.2. The number of esters is 1. The quantitative estimate of drug-likeness (QED) is 0.466. The molecule has 0 aliphatic rings. The summed E-state index contributed by atoms with van der Waals surface area (Å²) in [4.78, 5) is 37.5. The van der Waals surface area contributed by atoms with Gasteiger partial charge in [-0.25, -0.2) is 4.79 Å². The molecule has 0 unspecified atom stereocenters. The highest BCUT2D eigenvalue weighted by Gasteiger charge is 2.16. The SMILES string of the molecule is CCCn1c(=O)n(CC(=O)OCC(=O)Nc2cccc3ccccc23)c2ccccc21. The topological polar surface area (TPSA) is 82.3 Å². The molecule has 3 aromatic carbocycles. The minimum absolute atomic E-state index is 0.252. The number of imidazole rings is 1. The van der Waals surface area contributed by atoms with Crippen LogP contribution < -0.4 is 11.0 Å². The summed E-state index contributed by atoms with van der Waals surface area (Å²) in [6.45, 7) is 1.87. The molecule has 7 heteroatoms. The van der Waals surface area contributed by atoms with Crippen LogP contribution in [0.4, 0.5) is 5.69 Å². The number of fused-ring (bicyclic) bond motifs is 2. The number of ether oxygens (including phenoxy) is 1. The summed E-state index contributed by atoms with van der Waals surface area (Å²) < 4.78 is 8.18. The van der Waals surface area contributed by atoms with Gasteiger partial charge in [-0.1, -0.05) is 55.5 Å². The summed E-state index contributed by atoms with van der Waals surface area (Å²) in [6.07, 6.45) is 0.798. The van der Waals surface area contributed by atoms with Gasteiger partial charge in [0.1, 0.15) is 6.54 Å². The van der Waals surface area contributed by atoms with Crippen molar-refractivity contribution in [3.05, 3.63) is 77.2 Å². The zero-order valence-electron chi connectivity index (χ0n) is 17.2. The number of nitrogens with zero attached hydrogens (tertiary/aromatic N) is 2. The maximum absolute atomic E-state index is 12.8. The second-order valence-corrected chi connectivity index (χ2v) is 7.24. The highest BCUT2D eigenvalue weighted by molar-refractivity contribution is 6.02. The Morgan fingerprint density at radius 2 is 1.58 bits per heavy atom. The van der Waals surface area contributed by atoms with Crippen molar-refractivity contribution in [1.29, 1.82) is 0 Å². The Morgan fingerprint density at radius 1 is 0.903 bits per heavy atom. The van der Waals surface area contributed by atoms with Crippen LogP contribution in [-0.4, -0.2) is 27.6 Å². The van der Waals surface area contributed by atoms with Crippen molar-refractivity contribution in [2.24, 2.45) is 0 Å². The lowest BCUT2D eigenvalue weighted by molar-refractivity contribution is -0.147. The number of anilines is 1. The van der Waals surface area contributed by atoms with Crippen LogP contribution in [0.1, 0.15) is 13.3 Å². The molecule has 0 radical (unpaired) electrons. The molecule has 1 N–H and O–H groups in total. The number of hydrogen-bond donors (Lipinski definition) is 1. The molecule has 7 nitrogen and oxygen atoms in total. The number of carbonyl (C=O) groups is 2. The van der Waals surface area contributed by atoms with E-state index in [2.05, 4.69) is 5.32 Å². The minimum atomic E-state index is -0.644. The van der Waals surface area contributed by atoms with Gasteiger partial charge in [-0.2, -0.15) is 0 Å². The molecule has 0 spiro atoms. The summed E-state index contributed by atoms with van der Waals surface area (Å²) in [6, 6.07) is 20.6. The number of rotatable bonds is 7. The normalized spacial score (nSPS) is 11.0. The van der Waals surface area contributed by atoms with Crippen molar-refractivity contribution in [2.45, 2.75) is 26.4 Å². The Balaban J connectivity index is 1.43. The van der Waals surface area contributed by atoms with Crippen LogP contribution in [-0.2, 0) is 27.4 Å². The van der Waals surface area contributed by atoms with Crippen molar-refractivity contribution in [1.82, 2.24) is 9.13 Å². The van der Waals surface area contributed by atoms with E-state index < -0.39 is 18.5 Å². The number of nitrogens with one attached hydrogen (secondary N) is 1. The van der Waals surface area contributed by atoms with E-state index in [-0.39, 0.29) is 12.2 Å². The van der Waals surface area contributed by atoms with Crippen LogP contribution >= 0.6 is 0 Å². The third-order valence-electron chi connectivity index (χ3n) is 5.09. The van der Waals surface area contributed by atoms with Gasteiger partial charge in [-0.05, 0) is 30.0 Å². The van der Waals surface area contributed by atoms with Crippen LogP contribution in [0.25, 0.3) is 21.8 Å². The average Bonchev–Trinajstić information content (AvgIpc) is 3.04. The third-order valence-corrected chi connectivity index (χ3v) is 5.09. The Bertz CT molecular complexity index is 1310. The van der Waals surface area contributed by atoms with Crippen molar-refractivity contribution in [2.75, 3.05) is 11.9 Å². The molecule has 0 saturated carbocycles. The van der Waals surface area contributed by atoms with Gasteiger partial charge >= 0.3 is 11.7 Å². The number of para-hydroxylation sites is 2. The molecule has 1 aromatic heterocycles. The molecule has 31 heavy (non-hydrogen) atoms. The lowest BCUT2D eigenvalue weighted by Crippen LogP contribution is -2.29. The Morgan fingerprint density at radius 3 is 2.35 bits per heavy atom. The first-order valence-corrected chi connectivity index (χ1v) is 10.2. The summed E-state index contributed by atoms with van der Waals surface area (Å²) in [7, 11) is 0. The van der Waals surface area contributed by atoms with E-state index >= 15 is 0 Å². The first kappa shape index (κ1) is 20.4. The molecule has 0 aliphatic carbocycles. The molecule has 1 heterocycles. The fraction of sp³-hybridized carbons (Fsp3) is 0.208. The molecule has 0 atom stereocenters. The van der Waals surface area contributed by atoms with E-state index in [4.69, 9.17) is 4.74 Å². The van der Waals surface area contributed by atoms with Gasteiger partial charge in [0.15, 0.2) is 6.61 Å². The van der Waals surface area contributed by atoms with Gasteiger partial charge in [-0.3, -0.25) is 18.7 Å². The molecule has 0 fully saturated rings. The zero-order chi connectivity index (χ0) is 21.8. The van der Waals surface area contributed by atoms with Gasteiger partial charge in [0.05, 0.1) is 11.0 Å². The molecular weight excluding hydrogens is 394 g/mol. The molecular formula is C24H23N3O4. The molecule has 0 saturated heterocycles. The molecule has 0 bridgehead atoms. The molecule has 1 amide bonds. The lowest BCUT2D eigenvalue weighted by Gasteiger charge is -2.09. The fourth-order valence-corrected chi connectivity index (χ4v) is 3.71. The number of hydrogen-bond acceptors (Lipinski definition) is 4. The van der Waals surface area contributed by atoms with Gasteiger partial charge in [0.2, 0.25) is 0 Å². The number of carbonyl (C=O) groups excluding carboxylic acids is 2. The van der Waals surface area contributed by atoms with Crippen LogP contribution in [0.3, 0.4) is 0 Å². The number of aromatic nitrogens is 2. The van der Waals surface area contributed by atoms with Crippen LogP contribution in [0.15, 0.2) is 71.5 Å². The Kier molecular flexibility index (Phi) is 5.84. The predicted molar refractivity (Wildman–Crippen MR) is 120 cm³/mol. The Hall–Kier alpha value is -3.87. The average molecular weight is 417 g/mol. The van der Waals surface area contributed by atoms with Crippen LogP contribution in [0, 0.1) is 0 Å². The third kappa shape index (κ3) is 4.21. The second-order valence-electron chi connectivity index (χ2n) is 7.24. The standard InChI is InChI=1S/C24H23N3O4/c1-2-14-26-20-12-5-6-13-21(20)27(24(26)30)15-23(29)31-16-22(28)25-19-11-7-9-17-8-3-4-10-18(17)19/h3-13H,2,14-16H2,1H3,(H,25,28). The first-order valence-electron chi connectivity index (χ1n) is 10.2. The number of aryl methyl sites for hydroxylation is 1. The van der Waals surface area contributed by atoms with E-state index in [1.807, 2.05) is 61.5 Å². The molecule has 158 valence electrons. The summed E-state index contributed by atoms with van der Waals surface area (Å²) in [5, 5.41) is 4.68. The second kappa shape index (κ2) is 8.87. The fourth-order valence-electron chi connectivity index (χ4n) is 3.71. The predicted octanol–water partition coefficient (Wildman–Crippen LogP) is 3.55. The highest BCUT2D eigenvalue weighted by atomic mass is 16.5. The van der Waals surface area contributed by atoms with E-state index in [1.165, 1.54) is 4.57 Å². The van der Waals surface area contributed by atoms with Crippen LogP contribution in [0.2, 0.25) is 0 Å². The van der Waals surface area contributed by atoms with Gasteiger partial charge in [0.25, 0.3) is 5.91 Å². The number of amides is 1. The van der Waals surface area contributed by atoms with Crippen molar-refractivity contribution in [3.63, 3.8) is 0 Å². The van der Waals surface area contributed by atoms with Crippen molar-refractivity contribution < 1.29 is 14.3 Å². The highest BCUT2D eigenvalue weighted by Crippen LogP contribution is 2.22. The van der Waals surface area contributed by atoms with Crippen molar-refractivity contribution >= 4 is 39.4 Å². The van der Waals surface area contributed by atoms with Gasteiger partial charge < -0.3 is 10.1 Å². The minimum Gasteiger partial charge on any atom is -0.454 e. The van der Waals surface area contributed by atoms with Gasteiger partial charge in [0, 0.05) is 17.6 Å². The lowest BCUT2D eigenvalue weighted by atomic mass is 10.1. The molecule has 0 aliphatic heterocycles. The van der Waals surface area contributed by atoms with Crippen molar-refractivity contribution in [3.8, 4) is 0 Å². The van der Waals surface area contributed by atoms with E-state index in [0.717, 1.165) is 22.7 Å². The van der Waals surface area contributed by atoms with Gasteiger partial charge in [-0.15, -0.1) is 0 Å². The number of benzene rings is 3. The van der Waals surface area contributed by atoms with E-state index in [9.17, 15) is 14.4 Å². The smallest absolute Gasteiger partial charge is 0.329 e. The maximum Gasteiger partial charge on any atom is 0.329 e. The largest absolute Gasteiger partial charge is 0.454 e. The van der Waals surface area contributed by atoms with E-state index in [1.54, 1.807) is 16.7 Å². The first-order chi connectivity index (χ1) is 15.1. The maximum atomic E-state index is 12.8. The molecule has 4 rings (SSSR count). The van der Waals surface area contributed by atoms with Crippen LogP contribution in [0.5, 0.6) is 0 Å².